The van der Waals surface area contributed by atoms with Crippen molar-refractivity contribution in [2.24, 2.45) is 0 Å². The summed E-state index contributed by atoms with van der Waals surface area (Å²) in [5.41, 5.74) is 0.592. The third-order valence-corrected chi connectivity index (χ3v) is 3.13. The van der Waals surface area contributed by atoms with Gasteiger partial charge in [0.05, 0.1) is 12.8 Å². The number of hydrogen-bond acceptors (Lipinski definition) is 3. The van der Waals surface area contributed by atoms with E-state index < -0.39 is 0 Å². The lowest BCUT2D eigenvalue weighted by atomic mass is 10.1. The van der Waals surface area contributed by atoms with Crippen molar-refractivity contribution in [3.63, 3.8) is 0 Å². The van der Waals surface area contributed by atoms with E-state index in [4.69, 9.17) is 4.74 Å². The summed E-state index contributed by atoms with van der Waals surface area (Å²) in [7, 11) is 1.61. The van der Waals surface area contributed by atoms with Gasteiger partial charge in [0.1, 0.15) is 11.8 Å². The number of carbonyl (C=O) groups is 1. The van der Waals surface area contributed by atoms with Crippen molar-refractivity contribution in [2.45, 2.75) is 39.3 Å². The number of hydrogen-bond donors (Lipinski definition) is 2. The van der Waals surface area contributed by atoms with Crippen LogP contribution in [0.3, 0.4) is 0 Å². The molecular formula is C14H21BrN2O2. The SMILES string of the molecule is COc1ccc(Br)c(NC(C)C(=O)NC(C)(C)C)c1. The zero-order chi connectivity index (χ0) is 14.6. The topological polar surface area (TPSA) is 50.4 Å². The van der Waals surface area contributed by atoms with Gasteiger partial charge in [0, 0.05) is 16.1 Å². The van der Waals surface area contributed by atoms with E-state index in [0.29, 0.717) is 0 Å². The van der Waals surface area contributed by atoms with Crippen LogP contribution in [-0.2, 0) is 4.79 Å². The van der Waals surface area contributed by atoms with Gasteiger partial charge in [0.15, 0.2) is 0 Å². The molecule has 1 rings (SSSR count). The molecule has 0 aromatic heterocycles. The molecule has 0 bridgehead atoms. The zero-order valence-corrected chi connectivity index (χ0v) is 13.6. The van der Waals surface area contributed by atoms with Gasteiger partial charge in [-0.15, -0.1) is 0 Å². The molecule has 1 aromatic carbocycles. The van der Waals surface area contributed by atoms with Gasteiger partial charge < -0.3 is 15.4 Å². The molecule has 0 aliphatic carbocycles. The summed E-state index contributed by atoms with van der Waals surface area (Å²) in [6.45, 7) is 7.70. The summed E-state index contributed by atoms with van der Waals surface area (Å²) >= 11 is 3.45. The first-order valence-electron chi connectivity index (χ1n) is 6.15. The smallest absolute Gasteiger partial charge is 0.242 e. The molecule has 0 spiro atoms. The number of amides is 1. The predicted molar refractivity (Wildman–Crippen MR) is 81.7 cm³/mol. The molecule has 0 aliphatic rings. The fraction of sp³-hybridized carbons (Fsp3) is 0.500. The van der Waals surface area contributed by atoms with Crippen LogP contribution in [0.4, 0.5) is 5.69 Å². The molecule has 5 heteroatoms. The van der Waals surface area contributed by atoms with E-state index in [-0.39, 0.29) is 17.5 Å². The minimum Gasteiger partial charge on any atom is -0.497 e. The molecule has 2 N–H and O–H groups in total. The molecule has 1 unspecified atom stereocenters. The Balaban J connectivity index is 2.76. The van der Waals surface area contributed by atoms with Crippen LogP contribution in [0.5, 0.6) is 5.75 Å². The van der Waals surface area contributed by atoms with E-state index >= 15 is 0 Å². The van der Waals surface area contributed by atoms with Gasteiger partial charge in [-0.1, -0.05) is 0 Å². The molecule has 19 heavy (non-hydrogen) atoms. The Labute approximate surface area is 123 Å². The first-order chi connectivity index (χ1) is 8.73. The summed E-state index contributed by atoms with van der Waals surface area (Å²) < 4.78 is 6.06. The molecule has 1 aromatic rings. The van der Waals surface area contributed by atoms with Gasteiger partial charge in [-0.05, 0) is 55.8 Å². The van der Waals surface area contributed by atoms with Crippen LogP contribution in [0.25, 0.3) is 0 Å². The van der Waals surface area contributed by atoms with Crippen molar-refractivity contribution < 1.29 is 9.53 Å². The molecule has 1 amide bonds. The summed E-state index contributed by atoms with van der Waals surface area (Å²) in [4.78, 5) is 12.0. The van der Waals surface area contributed by atoms with Crippen molar-refractivity contribution in [1.29, 1.82) is 0 Å². The van der Waals surface area contributed by atoms with E-state index in [9.17, 15) is 4.79 Å². The molecule has 4 nitrogen and oxygen atoms in total. The molecule has 1 atom stereocenters. The monoisotopic (exact) mass is 328 g/mol. The van der Waals surface area contributed by atoms with E-state index in [2.05, 4.69) is 26.6 Å². The lowest BCUT2D eigenvalue weighted by molar-refractivity contribution is -0.122. The number of benzene rings is 1. The van der Waals surface area contributed by atoms with Crippen LogP contribution < -0.4 is 15.4 Å². The lowest BCUT2D eigenvalue weighted by Crippen LogP contribution is -2.47. The van der Waals surface area contributed by atoms with Gasteiger partial charge in [-0.3, -0.25) is 4.79 Å². The second-order valence-corrected chi connectivity index (χ2v) is 6.31. The standard InChI is InChI=1S/C14H21BrN2O2/c1-9(13(18)17-14(2,3)4)16-12-8-10(19-5)6-7-11(12)15/h6-9,16H,1-5H3,(H,17,18). The Hall–Kier alpha value is -1.23. The van der Waals surface area contributed by atoms with Gasteiger partial charge >= 0.3 is 0 Å². The van der Waals surface area contributed by atoms with Crippen molar-refractivity contribution in [3.05, 3.63) is 22.7 Å². The quantitative estimate of drug-likeness (QED) is 0.892. The molecule has 0 radical (unpaired) electrons. The summed E-state index contributed by atoms with van der Waals surface area (Å²) in [5, 5.41) is 6.11. The van der Waals surface area contributed by atoms with Crippen molar-refractivity contribution in [3.8, 4) is 5.75 Å². The third kappa shape index (κ3) is 5.11. The highest BCUT2D eigenvalue weighted by Gasteiger charge is 2.19. The highest BCUT2D eigenvalue weighted by atomic mass is 79.9. The van der Waals surface area contributed by atoms with Gasteiger partial charge in [-0.25, -0.2) is 0 Å². The van der Waals surface area contributed by atoms with E-state index in [1.165, 1.54) is 0 Å². The van der Waals surface area contributed by atoms with Crippen LogP contribution in [0.1, 0.15) is 27.7 Å². The Morgan fingerprint density at radius 1 is 1.37 bits per heavy atom. The van der Waals surface area contributed by atoms with E-state index in [1.54, 1.807) is 7.11 Å². The number of methoxy groups -OCH3 is 1. The molecule has 106 valence electrons. The number of rotatable bonds is 4. The number of carbonyl (C=O) groups excluding carboxylic acids is 1. The maximum atomic E-state index is 12.0. The van der Waals surface area contributed by atoms with Crippen LogP contribution in [-0.4, -0.2) is 24.6 Å². The molecule has 0 saturated carbocycles. The average Bonchev–Trinajstić information content (AvgIpc) is 2.29. The fourth-order valence-electron chi connectivity index (χ4n) is 1.52. The normalized spacial score (nSPS) is 12.7. The van der Waals surface area contributed by atoms with Crippen molar-refractivity contribution in [2.75, 3.05) is 12.4 Å². The van der Waals surface area contributed by atoms with Gasteiger partial charge in [0.2, 0.25) is 5.91 Å². The lowest BCUT2D eigenvalue weighted by Gasteiger charge is -2.24. The van der Waals surface area contributed by atoms with Crippen LogP contribution in [0.15, 0.2) is 22.7 Å². The Morgan fingerprint density at radius 3 is 2.53 bits per heavy atom. The molecule has 0 fully saturated rings. The molecule has 0 heterocycles. The summed E-state index contributed by atoms with van der Waals surface area (Å²) in [6.07, 6.45) is 0. The Morgan fingerprint density at radius 2 is 2.00 bits per heavy atom. The second kappa shape index (κ2) is 6.28. The number of nitrogens with one attached hydrogen (secondary N) is 2. The molecular weight excluding hydrogens is 308 g/mol. The third-order valence-electron chi connectivity index (χ3n) is 2.44. The Bertz CT molecular complexity index is 455. The highest BCUT2D eigenvalue weighted by Crippen LogP contribution is 2.27. The summed E-state index contributed by atoms with van der Waals surface area (Å²) in [6, 6.07) is 5.26. The largest absolute Gasteiger partial charge is 0.497 e. The van der Waals surface area contributed by atoms with Crippen molar-refractivity contribution >= 4 is 27.5 Å². The average molecular weight is 329 g/mol. The van der Waals surface area contributed by atoms with Crippen molar-refractivity contribution in [1.82, 2.24) is 5.32 Å². The van der Waals surface area contributed by atoms with E-state index in [1.807, 2.05) is 45.9 Å². The van der Waals surface area contributed by atoms with Crippen LogP contribution >= 0.6 is 15.9 Å². The van der Waals surface area contributed by atoms with Gasteiger partial charge in [0.25, 0.3) is 0 Å². The maximum Gasteiger partial charge on any atom is 0.242 e. The number of ether oxygens (including phenoxy) is 1. The highest BCUT2D eigenvalue weighted by molar-refractivity contribution is 9.10. The maximum absolute atomic E-state index is 12.0. The molecule has 0 aliphatic heterocycles. The number of halogens is 1. The number of anilines is 1. The molecule has 0 saturated heterocycles. The minimum atomic E-state index is -0.331. The fourth-order valence-corrected chi connectivity index (χ4v) is 1.88. The predicted octanol–water partition coefficient (Wildman–Crippen LogP) is 3.17. The van der Waals surface area contributed by atoms with Gasteiger partial charge in [-0.2, -0.15) is 0 Å². The Kier molecular flexibility index (Phi) is 5.23. The van der Waals surface area contributed by atoms with Crippen LogP contribution in [0.2, 0.25) is 0 Å². The first kappa shape index (κ1) is 15.8. The van der Waals surface area contributed by atoms with E-state index in [0.717, 1.165) is 15.9 Å². The first-order valence-corrected chi connectivity index (χ1v) is 6.94. The second-order valence-electron chi connectivity index (χ2n) is 5.45. The summed E-state index contributed by atoms with van der Waals surface area (Å²) in [5.74, 6) is 0.705. The zero-order valence-electron chi connectivity index (χ0n) is 12.0. The van der Waals surface area contributed by atoms with Crippen LogP contribution in [0, 0.1) is 0 Å². The minimum absolute atomic E-state index is 0.0396.